The van der Waals surface area contributed by atoms with Crippen LogP contribution in [0.2, 0.25) is 0 Å². The average molecular weight is 588 g/mol. The van der Waals surface area contributed by atoms with Crippen molar-refractivity contribution in [2.45, 2.75) is 58.3 Å². The van der Waals surface area contributed by atoms with Gasteiger partial charge in [-0.15, -0.1) is 0 Å². The molecule has 0 fully saturated rings. The summed E-state index contributed by atoms with van der Waals surface area (Å²) < 4.78 is 0. The Morgan fingerprint density at radius 1 is 0.756 bits per heavy atom. The van der Waals surface area contributed by atoms with Crippen molar-refractivity contribution in [3.05, 3.63) is 174 Å². The van der Waals surface area contributed by atoms with Crippen LogP contribution in [0.15, 0.2) is 151 Å². The molecule has 0 atom stereocenters. The van der Waals surface area contributed by atoms with Crippen molar-refractivity contribution < 1.29 is 0 Å². The lowest BCUT2D eigenvalue weighted by molar-refractivity contribution is 0.629. The maximum absolute atomic E-state index is 4.53. The first kappa shape index (κ1) is 30.4. The van der Waals surface area contributed by atoms with E-state index in [1.165, 1.54) is 55.2 Å². The van der Waals surface area contributed by atoms with E-state index in [4.69, 9.17) is 0 Å². The molecule has 0 amide bonds. The molecule has 1 nitrogen and oxygen atoms in total. The highest BCUT2D eigenvalue weighted by Crippen LogP contribution is 2.50. The van der Waals surface area contributed by atoms with Gasteiger partial charge in [0, 0.05) is 28.8 Å². The van der Waals surface area contributed by atoms with Gasteiger partial charge in [-0.1, -0.05) is 156 Å². The van der Waals surface area contributed by atoms with Gasteiger partial charge in [0.1, 0.15) is 0 Å². The summed E-state index contributed by atoms with van der Waals surface area (Å²) in [5.74, 6) is 0. The van der Waals surface area contributed by atoms with Gasteiger partial charge in [0.15, 0.2) is 0 Å². The van der Waals surface area contributed by atoms with Crippen LogP contribution in [0.25, 0.3) is 21.5 Å². The quantitative estimate of drug-likeness (QED) is 0.155. The number of anilines is 1. The number of nitrogens with zero attached hydrogens (tertiary/aromatic N) is 1. The fourth-order valence-corrected chi connectivity index (χ4v) is 7.32. The van der Waals surface area contributed by atoms with Crippen molar-refractivity contribution in [3.63, 3.8) is 0 Å². The summed E-state index contributed by atoms with van der Waals surface area (Å²) in [6.07, 6.45) is 13.2. The molecule has 0 saturated carbocycles. The second-order valence-corrected chi connectivity index (χ2v) is 13.5. The molecule has 0 radical (unpaired) electrons. The smallest absolute Gasteiger partial charge is 0.0457 e. The van der Waals surface area contributed by atoms with E-state index in [1.54, 1.807) is 0 Å². The van der Waals surface area contributed by atoms with Gasteiger partial charge in [0.05, 0.1) is 0 Å². The van der Waals surface area contributed by atoms with Gasteiger partial charge in [-0.25, -0.2) is 0 Å². The van der Waals surface area contributed by atoms with Crippen LogP contribution in [0.5, 0.6) is 0 Å². The zero-order valence-corrected chi connectivity index (χ0v) is 27.5. The molecule has 6 rings (SSSR count). The van der Waals surface area contributed by atoms with E-state index in [9.17, 15) is 0 Å². The van der Waals surface area contributed by atoms with Crippen molar-refractivity contribution in [1.82, 2.24) is 0 Å². The second-order valence-electron chi connectivity index (χ2n) is 13.5. The predicted molar refractivity (Wildman–Crippen MR) is 196 cm³/mol. The zero-order valence-electron chi connectivity index (χ0n) is 27.5. The minimum absolute atomic E-state index is 0.117. The van der Waals surface area contributed by atoms with Crippen LogP contribution >= 0.6 is 0 Å². The molecule has 0 aromatic heterocycles. The Hall–Kier alpha value is -4.62. The number of rotatable bonds is 9. The molecule has 0 spiro atoms. The number of hydrogen-bond acceptors (Lipinski definition) is 1. The molecule has 1 aliphatic heterocycles. The molecule has 1 heteroatoms. The van der Waals surface area contributed by atoms with Crippen molar-refractivity contribution in [3.8, 4) is 0 Å². The van der Waals surface area contributed by atoms with Crippen LogP contribution in [-0.4, -0.2) is 6.54 Å². The standard InChI is InChI=1S/C44H45N/c1-32-27-28-35-22-13-15-24-37(35)41(32)43(3,4)33(2)18-9-7-12-26-40-44(5,6)42-38-25-16-14-23-36(38)29-30-39(42)45(40)31-17-21-34-19-10-8-11-20-34/h7-16,18-20,22-30H,2,17,21,31H2,1,3-6H3/b12-7+,18-9+,40-26+. The van der Waals surface area contributed by atoms with Gasteiger partial charge in [0.25, 0.3) is 0 Å². The summed E-state index contributed by atoms with van der Waals surface area (Å²) in [6, 6.07) is 37.4. The summed E-state index contributed by atoms with van der Waals surface area (Å²) in [6.45, 7) is 17.1. The van der Waals surface area contributed by atoms with Crippen LogP contribution in [0.1, 0.15) is 56.4 Å². The lowest BCUT2D eigenvalue weighted by Gasteiger charge is -2.30. The predicted octanol–water partition coefficient (Wildman–Crippen LogP) is 11.6. The lowest BCUT2D eigenvalue weighted by Crippen LogP contribution is -2.27. The highest BCUT2D eigenvalue weighted by molar-refractivity contribution is 5.95. The summed E-state index contributed by atoms with van der Waals surface area (Å²) in [5, 5.41) is 5.23. The minimum atomic E-state index is -0.195. The Labute approximate surface area is 269 Å². The van der Waals surface area contributed by atoms with Crippen LogP contribution in [0.3, 0.4) is 0 Å². The number of aryl methyl sites for hydroxylation is 2. The Bertz CT molecular complexity index is 1950. The van der Waals surface area contributed by atoms with Crippen molar-refractivity contribution in [2.24, 2.45) is 0 Å². The van der Waals surface area contributed by atoms with Crippen LogP contribution in [0, 0.1) is 6.92 Å². The third-order valence-corrected chi connectivity index (χ3v) is 9.78. The van der Waals surface area contributed by atoms with Crippen molar-refractivity contribution in [1.29, 1.82) is 0 Å². The SMILES string of the molecule is C=C(/C=C/C=C/C=C1/N(CCCc2ccccc2)c2ccc3ccccc3c2C1(C)C)C(C)(C)c1c(C)ccc2ccccc12. The highest BCUT2D eigenvalue weighted by Gasteiger charge is 2.40. The van der Waals surface area contributed by atoms with E-state index in [-0.39, 0.29) is 10.8 Å². The largest absolute Gasteiger partial charge is 0.344 e. The number of benzene rings is 5. The van der Waals surface area contributed by atoms with Gasteiger partial charge in [-0.3, -0.25) is 0 Å². The number of fused-ring (bicyclic) bond motifs is 4. The normalized spacial score (nSPS) is 15.6. The molecule has 1 heterocycles. The third kappa shape index (κ3) is 5.80. The first-order valence-corrected chi connectivity index (χ1v) is 16.3. The Kier molecular flexibility index (Phi) is 8.38. The second kappa shape index (κ2) is 12.4. The van der Waals surface area contributed by atoms with Gasteiger partial charge in [-0.05, 0) is 81.3 Å². The van der Waals surface area contributed by atoms with Crippen LogP contribution < -0.4 is 4.90 Å². The fourth-order valence-electron chi connectivity index (χ4n) is 7.32. The minimum Gasteiger partial charge on any atom is -0.344 e. The first-order valence-electron chi connectivity index (χ1n) is 16.3. The van der Waals surface area contributed by atoms with Crippen LogP contribution in [0.4, 0.5) is 5.69 Å². The Morgan fingerprint density at radius 3 is 2.16 bits per heavy atom. The number of allylic oxidation sites excluding steroid dienone is 7. The molecule has 226 valence electrons. The third-order valence-electron chi connectivity index (χ3n) is 9.78. The summed E-state index contributed by atoms with van der Waals surface area (Å²) in [4.78, 5) is 2.56. The molecule has 0 aliphatic carbocycles. The summed E-state index contributed by atoms with van der Waals surface area (Å²) in [7, 11) is 0. The molecule has 0 N–H and O–H groups in total. The van der Waals surface area contributed by atoms with Crippen molar-refractivity contribution >= 4 is 27.2 Å². The van der Waals surface area contributed by atoms with E-state index in [2.05, 4.69) is 180 Å². The van der Waals surface area contributed by atoms with Gasteiger partial charge in [-0.2, -0.15) is 0 Å². The molecule has 45 heavy (non-hydrogen) atoms. The molecule has 0 saturated heterocycles. The van der Waals surface area contributed by atoms with E-state index in [1.807, 2.05) is 0 Å². The number of hydrogen-bond donors (Lipinski definition) is 0. The topological polar surface area (TPSA) is 3.24 Å². The summed E-state index contributed by atoms with van der Waals surface area (Å²) in [5.41, 5.74) is 8.94. The summed E-state index contributed by atoms with van der Waals surface area (Å²) >= 11 is 0. The first-order chi connectivity index (χ1) is 21.7. The molecule has 0 unspecified atom stereocenters. The van der Waals surface area contributed by atoms with E-state index >= 15 is 0 Å². The Morgan fingerprint density at radius 2 is 1.40 bits per heavy atom. The van der Waals surface area contributed by atoms with Crippen molar-refractivity contribution in [2.75, 3.05) is 11.4 Å². The van der Waals surface area contributed by atoms with Crippen LogP contribution in [-0.2, 0) is 17.3 Å². The van der Waals surface area contributed by atoms with E-state index < -0.39 is 0 Å². The average Bonchev–Trinajstić information content (AvgIpc) is 3.26. The zero-order chi connectivity index (χ0) is 31.6. The fraction of sp³-hybridized carbons (Fsp3) is 0.227. The molecule has 0 bridgehead atoms. The van der Waals surface area contributed by atoms with Gasteiger partial charge < -0.3 is 4.90 Å². The van der Waals surface area contributed by atoms with Gasteiger partial charge in [0.2, 0.25) is 0 Å². The Balaban J connectivity index is 1.27. The molecule has 5 aromatic rings. The van der Waals surface area contributed by atoms with E-state index in [0.29, 0.717) is 0 Å². The molecular formula is C44H45N. The lowest BCUT2D eigenvalue weighted by atomic mass is 9.74. The molecule has 1 aliphatic rings. The molecular weight excluding hydrogens is 542 g/mol. The van der Waals surface area contributed by atoms with E-state index in [0.717, 1.165) is 25.0 Å². The molecule has 5 aromatic carbocycles. The van der Waals surface area contributed by atoms with Gasteiger partial charge >= 0.3 is 0 Å². The maximum atomic E-state index is 4.53. The monoisotopic (exact) mass is 587 g/mol. The highest BCUT2D eigenvalue weighted by atomic mass is 15.2. The maximum Gasteiger partial charge on any atom is 0.0457 e.